The molecular formula is C8H13N3. The fourth-order valence-corrected chi connectivity index (χ4v) is 1.80. The number of aromatic amines is 1. The summed E-state index contributed by atoms with van der Waals surface area (Å²) in [4.78, 5) is 0. The van der Waals surface area contributed by atoms with E-state index in [1.165, 1.54) is 24.1 Å². The molecule has 1 aliphatic rings. The first-order chi connectivity index (χ1) is 5.42. The van der Waals surface area contributed by atoms with E-state index in [1.807, 2.05) is 6.20 Å². The van der Waals surface area contributed by atoms with Gasteiger partial charge in [0.15, 0.2) is 0 Å². The lowest BCUT2D eigenvalue weighted by molar-refractivity contribution is 0.557. The molecule has 3 N–H and O–H groups in total. The van der Waals surface area contributed by atoms with E-state index in [-0.39, 0.29) is 0 Å². The van der Waals surface area contributed by atoms with Gasteiger partial charge in [-0.1, -0.05) is 0 Å². The van der Waals surface area contributed by atoms with Crippen molar-refractivity contribution >= 4 is 0 Å². The van der Waals surface area contributed by atoms with E-state index in [0.717, 1.165) is 13.0 Å². The van der Waals surface area contributed by atoms with Crippen molar-refractivity contribution < 1.29 is 0 Å². The van der Waals surface area contributed by atoms with E-state index < -0.39 is 0 Å². The van der Waals surface area contributed by atoms with Crippen molar-refractivity contribution in [2.24, 2.45) is 5.73 Å². The number of fused-ring (bicyclic) bond motifs is 1. The molecule has 1 aromatic heterocycles. The summed E-state index contributed by atoms with van der Waals surface area (Å²) in [7, 11) is 0. The maximum Gasteiger partial charge on any atom is 0.0525 e. The summed E-state index contributed by atoms with van der Waals surface area (Å²) >= 11 is 0. The van der Waals surface area contributed by atoms with Gasteiger partial charge in [-0.25, -0.2) is 0 Å². The molecule has 0 saturated heterocycles. The van der Waals surface area contributed by atoms with Gasteiger partial charge in [0.05, 0.1) is 6.20 Å². The van der Waals surface area contributed by atoms with Crippen molar-refractivity contribution in [3.8, 4) is 0 Å². The summed E-state index contributed by atoms with van der Waals surface area (Å²) in [5.41, 5.74) is 8.28. The Kier molecular flexibility index (Phi) is 1.66. The van der Waals surface area contributed by atoms with E-state index in [1.54, 1.807) is 0 Å². The molecule has 0 fully saturated rings. The summed E-state index contributed by atoms with van der Waals surface area (Å²) in [6, 6.07) is 0. The van der Waals surface area contributed by atoms with Crippen molar-refractivity contribution in [3.05, 3.63) is 17.5 Å². The Morgan fingerprint density at radius 1 is 1.73 bits per heavy atom. The molecule has 0 bridgehead atoms. The number of nitrogens with one attached hydrogen (secondary N) is 1. The van der Waals surface area contributed by atoms with Gasteiger partial charge in [-0.05, 0) is 37.3 Å². The molecule has 11 heavy (non-hydrogen) atoms. The molecule has 60 valence electrons. The van der Waals surface area contributed by atoms with Crippen LogP contribution in [-0.4, -0.2) is 16.7 Å². The van der Waals surface area contributed by atoms with Crippen molar-refractivity contribution in [1.29, 1.82) is 0 Å². The molecule has 0 radical (unpaired) electrons. The highest BCUT2D eigenvalue weighted by Crippen LogP contribution is 2.28. The predicted molar refractivity (Wildman–Crippen MR) is 43.3 cm³/mol. The Labute approximate surface area is 66.0 Å². The average molecular weight is 151 g/mol. The topological polar surface area (TPSA) is 54.7 Å². The molecule has 1 atom stereocenters. The second-order valence-corrected chi connectivity index (χ2v) is 3.13. The van der Waals surface area contributed by atoms with Crippen molar-refractivity contribution in [2.45, 2.75) is 25.2 Å². The molecule has 0 saturated carbocycles. The van der Waals surface area contributed by atoms with Crippen LogP contribution in [0.15, 0.2) is 6.20 Å². The first-order valence-electron chi connectivity index (χ1n) is 4.14. The predicted octanol–water partition coefficient (Wildman–Crippen LogP) is 0.788. The fraction of sp³-hybridized carbons (Fsp3) is 0.625. The lowest BCUT2D eigenvalue weighted by atomic mass is 9.87. The van der Waals surface area contributed by atoms with Gasteiger partial charge in [-0.2, -0.15) is 5.10 Å². The second kappa shape index (κ2) is 2.66. The number of hydrogen-bond acceptors (Lipinski definition) is 2. The summed E-state index contributed by atoms with van der Waals surface area (Å²) in [6.45, 7) is 0.756. The third-order valence-corrected chi connectivity index (χ3v) is 2.46. The first kappa shape index (κ1) is 6.85. The lowest BCUT2D eigenvalue weighted by Gasteiger charge is -2.19. The van der Waals surface area contributed by atoms with Crippen LogP contribution in [0.25, 0.3) is 0 Å². The second-order valence-electron chi connectivity index (χ2n) is 3.13. The maximum atomic E-state index is 5.64. The van der Waals surface area contributed by atoms with Crippen molar-refractivity contribution in [2.75, 3.05) is 6.54 Å². The normalized spacial score (nSPS) is 23.2. The molecule has 1 aromatic rings. The van der Waals surface area contributed by atoms with Crippen LogP contribution in [0.5, 0.6) is 0 Å². The lowest BCUT2D eigenvalue weighted by Crippen LogP contribution is -2.17. The Balaban J connectivity index is 2.32. The van der Waals surface area contributed by atoms with Crippen LogP contribution in [0.1, 0.15) is 30.0 Å². The van der Waals surface area contributed by atoms with Gasteiger partial charge in [0.25, 0.3) is 0 Å². The van der Waals surface area contributed by atoms with Gasteiger partial charge in [0, 0.05) is 5.69 Å². The maximum absolute atomic E-state index is 5.64. The van der Waals surface area contributed by atoms with Crippen LogP contribution < -0.4 is 5.73 Å². The van der Waals surface area contributed by atoms with E-state index in [2.05, 4.69) is 10.2 Å². The van der Waals surface area contributed by atoms with E-state index >= 15 is 0 Å². The van der Waals surface area contributed by atoms with Gasteiger partial charge in [-0.15, -0.1) is 0 Å². The zero-order chi connectivity index (χ0) is 7.68. The largest absolute Gasteiger partial charge is 0.330 e. The summed E-state index contributed by atoms with van der Waals surface area (Å²) in [6.07, 6.45) is 5.54. The summed E-state index contributed by atoms with van der Waals surface area (Å²) in [5.74, 6) is 0.553. The van der Waals surface area contributed by atoms with Gasteiger partial charge in [-0.3, -0.25) is 5.10 Å². The molecule has 0 amide bonds. The number of nitrogens with two attached hydrogens (primary N) is 1. The molecule has 3 nitrogen and oxygen atoms in total. The standard InChI is InChI=1S/C8H13N3/c9-4-6-2-1-3-8-7(6)5-10-11-8/h5-6H,1-4,9H2,(H,10,11). The average Bonchev–Trinajstić information content (AvgIpc) is 2.50. The molecule has 0 aromatic carbocycles. The molecule has 1 unspecified atom stereocenters. The molecular weight excluding hydrogens is 138 g/mol. The smallest absolute Gasteiger partial charge is 0.0525 e. The number of aryl methyl sites for hydroxylation is 1. The number of H-pyrrole nitrogens is 1. The Bertz CT molecular complexity index is 241. The Hall–Kier alpha value is -0.830. The molecule has 0 spiro atoms. The van der Waals surface area contributed by atoms with Crippen LogP contribution in [0.3, 0.4) is 0 Å². The Morgan fingerprint density at radius 2 is 2.64 bits per heavy atom. The third kappa shape index (κ3) is 1.05. The zero-order valence-corrected chi connectivity index (χ0v) is 6.51. The fourth-order valence-electron chi connectivity index (χ4n) is 1.80. The van der Waals surface area contributed by atoms with Crippen LogP contribution >= 0.6 is 0 Å². The minimum Gasteiger partial charge on any atom is -0.330 e. The number of nitrogens with zero attached hydrogens (tertiary/aromatic N) is 1. The minimum atomic E-state index is 0.553. The van der Waals surface area contributed by atoms with Gasteiger partial charge < -0.3 is 5.73 Å². The summed E-state index contributed by atoms with van der Waals surface area (Å²) < 4.78 is 0. The zero-order valence-electron chi connectivity index (χ0n) is 6.51. The van der Waals surface area contributed by atoms with Crippen LogP contribution in [0, 0.1) is 0 Å². The summed E-state index contributed by atoms with van der Waals surface area (Å²) in [5, 5.41) is 7.04. The highest BCUT2D eigenvalue weighted by molar-refractivity contribution is 5.24. The van der Waals surface area contributed by atoms with E-state index in [4.69, 9.17) is 5.73 Å². The molecule has 1 aliphatic carbocycles. The van der Waals surface area contributed by atoms with Gasteiger partial charge in [0.2, 0.25) is 0 Å². The number of aromatic nitrogens is 2. The van der Waals surface area contributed by atoms with Crippen molar-refractivity contribution in [3.63, 3.8) is 0 Å². The molecule has 3 heteroatoms. The van der Waals surface area contributed by atoms with Crippen molar-refractivity contribution in [1.82, 2.24) is 10.2 Å². The van der Waals surface area contributed by atoms with Gasteiger partial charge >= 0.3 is 0 Å². The minimum absolute atomic E-state index is 0.553. The highest BCUT2D eigenvalue weighted by atomic mass is 15.1. The quantitative estimate of drug-likeness (QED) is 0.623. The number of hydrogen-bond donors (Lipinski definition) is 2. The SMILES string of the molecule is NCC1CCCc2[nH]ncc21. The Morgan fingerprint density at radius 3 is 3.45 bits per heavy atom. The molecule has 2 rings (SSSR count). The van der Waals surface area contributed by atoms with E-state index in [9.17, 15) is 0 Å². The monoisotopic (exact) mass is 151 g/mol. The van der Waals surface area contributed by atoms with Crippen LogP contribution in [0.4, 0.5) is 0 Å². The number of rotatable bonds is 1. The van der Waals surface area contributed by atoms with Gasteiger partial charge in [0.1, 0.15) is 0 Å². The van der Waals surface area contributed by atoms with Crippen LogP contribution in [0.2, 0.25) is 0 Å². The van der Waals surface area contributed by atoms with E-state index in [0.29, 0.717) is 5.92 Å². The first-order valence-corrected chi connectivity index (χ1v) is 4.14. The third-order valence-electron chi connectivity index (χ3n) is 2.46. The highest BCUT2D eigenvalue weighted by Gasteiger charge is 2.19. The molecule has 1 heterocycles. The van der Waals surface area contributed by atoms with Crippen LogP contribution in [-0.2, 0) is 6.42 Å². The molecule has 0 aliphatic heterocycles.